The van der Waals surface area contributed by atoms with Gasteiger partial charge in [-0.25, -0.2) is 0 Å². The van der Waals surface area contributed by atoms with Crippen LogP contribution in [0.15, 0.2) is 12.2 Å². The molecule has 0 saturated heterocycles. The molecule has 60 valence electrons. The first-order chi connectivity index (χ1) is 4.66. The molecule has 0 spiro atoms. The molecule has 0 radical (unpaired) electrons. The van der Waals surface area contributed by atoms with E-state index in [0.29, 0.717) is 0 Å². The van der Waals surface area contributed by atoms with Crippen molar-refractivity contribution >= 4 is 0 Å². The number of rotatable bonds is 5. The highest BCUT2D eigenvalue weighted by atomic mass is 15.1. The zero-order valence-corrected chi connectivity index (χ0v) is 7.06. The number of nitrogens with two attached hydrogens (primary N) is 1. The van der Waals surface area contributed by atoms with E-state index in [1.165, 1.54) is 5.57 Å². The van der Waals surface area contributed by atoms with E-state index in [9.17, 15) is 0 Å². The van der Waals surface area contributed by atoms with Crippen LogP contribution in [0.25, 0.3) is 0 Å². The number of likely N-dealkylation sites (N-methyl/N-ethyl adjacent to an activating group) is 1. The molecule has 0 bridgehead atoms. The van der Waals surface area contributed by atoms with Crippen LogP contribution < -0.4 is 5.73 Å². The van der Waals surface area contributed by atoms with Crippen molar-refractivity contribution in [3.05, 3.63) is 12.2 Å². The summed E-state index contributed by atoms with van der Waals surface area (Å²) in [5.74, 6) is 0. The third-order valence-electron chi connectivity index (χ3n) is 1.28. The summed E-state index contributed by atoms with van der Waals surface area (Å²) in [6.45, 7) is 8.71. The van der Waals surface area contributed by atoms with Crippen LogP contribution in [0, 0.1) is 0 Å². The standard InChI is InChI=1S/C8H18N2/c1-8(2)7-10(3)6-4-5-9/h1,4-7,9H2,2-3H3. The van der Waals surface area contributed by atoms with Crippen molar-refractivity contribution in [3.8, 4) is 0 Å². The molecule has 0 aliphatic carbocycles. The molecule has 0 heterocycles. The lowest BCUT2D eigenvalue weighted by Gasteiger charge is -2.15. The fourth-order valence-electron chi connectivity index (χ4n) is 0.901. The molecule has 0 aromatic rings. The predicted molar refractivity (Wildman–Crippen MR) is 46.0 cm³/mol. The Bertz CT molecular complexity index is 99.4. The Kier molecular flexibility index (Phi) is 5.26. The molecule has 2 heteroatoms. The molecule has 0 aliphatic heterocycles. The molecule has 0 aliphatic rings. The molecule has 0 rings (SSSR count). The van der Waals surface area contributed by atoms with Crippen molar-refractivity contribution in [2.75, 3.05) is 26.7 Å². The Morgan fingerprint density at radius 2 is 2.20 bits per heavy atom. The SMILES string of the molecule is C=C(C)CN(C)CCCN. The second-order valence-electron chi connectivity index (χ2n) is 2.84. The van der Waals surface area contributed by atoms with Crippen LogP contribution in [0.2, 0.25) is 0 Å². The summed E-state index contributed by atoms with van der Waals surface area (Å²) in [7, 11) is 2.09. The number of nitrogens with zero attached hydrogens (tertiary/aromatic N) is 1. The summed E-state index contributed by atoms with van der Waals surface area (Å²) in [6.07, 6.45) is 1.07. The van der Waals surface area contributed by atoms with Crippen molar-refractivity contribution in [1.82, 2.24) is 4.90 Å². The van der Waals surface area contributed by atoms with Gasteiger partial charge in [0.15, 0.2) is 0 Å². The Morgan fingerprint density at radius 3 is 2.60 bits per heavy atom. The maximum Gasteiger partial charge on any atom is 0.0184 e. The van der Waals surface area contributed by atoms with E-state index in [1.807, 2.05) is 6.92 Å². The van der Waals surface area contributed by atoms with Gasteiger partial charge >= 0.3 is 0 Å². The van der Waals surface area contributed by atoms with Crippen LogP contribution >= 0.6 is 0 Å². The van der Waals surface area contributed by atoms with Crippen molar-refractivity contribution < 1.29 is 0 Å². The fraction of sp³-hybridized carbons (Fsp3) is 0.750. The van der Waals surface area contributed by atoms with Crippen molar-refractivity contribution in [2.45, 2.75) is 13.3 Å². The molecule has 0 saturated carbocycles. The van der Waals surface area contributed by atoms with E-state index >= 15 is 0 Å². The largest absolute Gasteiger partial charge is 0.330 e. The second kappa shape index (κ2) is 5.45. The minimum atomic E-state index is 0.778. The predicted octanol–water partition coefficient (Wildman–Crippen LogP) is 0.843. The fourth-order valence-corrected chi connectivity index (χ4v) is 0.901. The molecular formula is C8H18N2. The van der Waals surface area contributed by atoms with Gasteiger partial charge in [0.05, 0.1) is 0 Å². The summed E-state index contributed by atoms with van der Waals surface area (Å²) >= 11 is 0. The summed E-state index contributed by atoms with van der Waals surface area (Å²) in [6, 6.07) is 0. The lowest BCUT2D eigenvalue weighted by molar-refractivity contribution is 0.359. The average Bonchev–Trinajstić information content (AvgIpc) is 1.82. The maximum absolute atomic E-state index is 5.36. The van der Waals surface area contributed by atoms with Gasteiger partial charge in [-0.3, -0.25) is 0 Å². The molecule has 0 aromatic carbocycles. The highest BCUT2D eigenvalue weighted by Crippen LogP contribution is 1.92. The molecular weight excluding hydrogens is 124 g/mol. The van der Waals surface area contributed by atoms with Crippen molar-refractivity contribution in [3.63, 3.8) is 0 Å². The van der Waals surface area contributed by atoms with Crippen LogP contribution in [-0.2, 0) is 0 Å². The number of hydrogen-bond donors (Lipinski definition) is 1. The third kappa shape index (κ3) is 5.79. The molecule has 0 fully saturated rings. The zero-order chi connectivity index (χ0) is 7.98. The van der Waals surface area contributed by atoms with Crippen LogP contribution in [0.5, 0.6) is 0 Å². The van der Waals surface area contributed by atoms with Crippen LogP contribution in [-0.4, -0.2) is 31.6 Å². The maximum atomic E-state index is 5.36. The van der Waals surface area contributed by atoms with Gasteiger partial charge in [0.25, 0.3) is 0 Å². The minimum Gasteiger partial charge on any atom is -0.330 e. The lowest BCUT2D eigenvalue weighted by Crippen LogP contribution is -2.23. The number of hydrogen-bond acceptors (Lipinski definition) is 2. The van der Waals surface area contributed by atoms with E-state index in [4.69, 9.17) is 5.73 Å². The smallest absolute Gasteiger partial charge is 0.0184 e. The highest BCUT2D eigenvalue weighted by molar-refractivity contribution is 4.90. The summed E-state index contributed by atoms with van der Waals surface area (Å²) < 4.78 is 0. The Hall–Kier alpha value is -0.340. The molecule has 0 amide bonds. The summed E-state index contributed by atoms with van der Waals surface area (Å²) in [4.78, 5) is 2.23. The quantitative estimate of drug-likeness (QED) is 0.576. The van der Waals surface area contributed by atoms with Gasteiger partial charge in [-0.15, -0.1) is 0 Å². The van der Waals surface area contributed by atoms with Crippen LogP contribution in [0.4, 0.5) is 0 Å². The summed E-state index contributed by atoms with van der Waals surface area (Å²) in [5.41, 5.74) is 6.57. The van der Waals surface area contributed by atoms with Gasteiger partial charge in [-0.2, -0.15) is 0 Å². The second-order valence-corrected chi connectivity index (χ2v) is 2.84. The molecule has 0 aromatic heterocycles. The minimum absolute atomic E-state index is 0.778. The van der Waals surface area contributed by atoms with Crippen molar-refractivity contribution in [2.24, 2.45) is 5.73 Å². The Morgan fingerprint density at radius 1 is 1.60 bits per heavy atom. The topological polar surface area (TPSA) is 29.3 Å². The van der Waals surface area contributed by atoms with Gasteiger partial charge in [0, 0.05) is 6.54 Å². The van der Waals surface area contributed by atoms with E-state index in [-0.39, 0.29) is 0 Å². The van der Waals surface area contributed by atoms with E-state index in [1.54, 1.807) is 0 Å². The normalized spacial score (nSPS) is 10.4. The Labute approximate surface area is 63.7 Å². The van der Waals surface area contributed by atoms with Crippen molar-refractivity contribution in [1.29, 1.82) is 0 Å². The van der Waals surface area contributed by atoms with Gasteiger partial charge in [0.1, 0.15) is 0 Å². The zero-order valence-electron chi connectivity index (χ0n) is 7.06. The van der Waals surface area contributed by atoms with Gasteiger partial charge < -0.3 is 10.6 Å². The van der Waals surface area contributed by atoms with Gasteiger partial charge in [-0.1, -0.05) is 12.2 Å². The third-order valence-corrected chi connectivity index (χ3v) is 1.28. The molecule has 2 N–H and O–H groups in total. The highest BCUT2D eigenvalue weighted by Gasteiger charge is 1.95. The molecule has 0 atom stereocenters. The molecule has 10 heavy (non-hydrogen) atoms. The van der Waals surface area contributed by atoms with E-state index in [2.05, 4.69) is 18.5 Å². The van der Waals surface area contributed by atoms with E-state index < -0.39 is 0 Å². The monoisotopic (exact) mass is 142 g/mol. The first kappa shape index (κ1) is 9.66. The van der Waals surface area contributed by atoms with E-state index in [0.717, 1.165) is 26.1 Å². The molecule has 2 nitrogen and oxygen atoms in total. The average molecular weight is 142 g/mol. The molecule has 0 unspecified atom stereocenters. The van der Waals surface area contributed by atoms with Gasteiger partial charge in [0.2, 0.25) is 0 Å². The first-order valence-corrected chi connectivity index (χ1v) is 3.70. The lowest BCUT2D eigenvalue weighted by atomic mass is 10.3. The van der Waals surface area contributed by atoms with Gasteiger partial charge in [-0.05, 0) is 33.5 Å². The first-order valence-electron chi connectivity index (χ1n) is 3.70. The Balaban J connectivity index is 3.25. The summed E-state index contributed by atoms with van der Waals surface area (Å²) in [5, 5.41) is 0. The van der Waals surface area contributed by atoms with Crippen LogP contribution in [0.3, 0.4) is 0 Å². The van der Waals surface area contributed by atoms with Crippen LogP contribution in [0.1, 0.15) is 13.3 Å².